The van der Waals surface area contributed by atoms with Crippen LogP contribution in [0.1, 0.15) is 0 Å². The maximum absolute atomic E-state index is 12.5. The van der Waals surface area contributed by atoms with E-state index in [1.54, 1.807) is 24.3 Å². The lowest BCUT2D eigenvalue weighted by atomic mass is 10.3. The maximum atomic E-state index is 12.5. The minimum Gasteiger partial charge on any atom is -0.317 e. The smallest absolute Gasteiger partial charge is 0.317 e. The first kappa shape index (κ1) is 16.6. The number of halogens is 4. The second-order valence-corrected chi connectivity index (χ2v) is 5.55. The van der Waals surface area contributed by atoms with Gasteiger partial charge in [-0.3, -0.25) is 9.80 Å². The lowest BCUT2D eigenvalue weighted by Gasteiger charge is -2.24. The molecule has 6 nitrogen and oxygen atoms in total. The summed E-state index contributed by atoms with van der Waals surface area (Å²) < 4.78 is 37.4. The fourth-order valence-corrected chi connectivity index (χ4v) is 2.26. The summed E-state index contributed by atoms with van der Waals surface area (Å²) in [7, 11) is 0. The summed E-state index contributed by atoms with van der Waals surface area (Å²) in [5.74, 6) is 3.93. The molecule has 0 saturated heterocycles. The highest BCUT2D eigenvalue weighted by Crippen LogP contribution is 2.23. The van der Waals surface area contributed by atoms with Crippen LogP contribution in [-0.4, -0.2) is 33.8 Å². The predicted octanol–water partition coefficient (Wildman–Crippen LogP) is 3.07. The van der Waals surface area contributed by atoms with Crippen LogP contribution in [0.2, 0.25) is 5.02 Å². The number of carbonyl (C=O) groups excluding carboxylic acids is 1. The molecule has 22 heavy (non-hydrogen) atoms. The van der Waals surface area contributed by atoms with Crippen LogP contribution in [0.15, 0.2) is 34.5 Å². The molecule has 11 heteroatoms. The topological polar surface area (TPSA) is 83.1 Å². The molecule has 0 spiro atoms. The number of thioether (sulfide) groups is 1. The van der Waals surface area contributed by atoms with Gasteiger partial charge in [-0.1, -0.05) is 11.6 Å². The van der Waals surface area contributed by atoms with Crippen LogP contribution >= 0.6 is 23.4 Å². The van der Waals surface area contributed by atoms with Gasteiger partial charge in [-0.25, -0.2) is 5.84 Å². The molecule has 118 valence electrons. The van der Waals surface area contributed by atoms with E-state index < -0.39 is 17.3 Å². The molecule has 0 saturated carbocycles. The number of hydrazine groups is 1. The van der Waals surface area contributed by atoms with Gasteiger partial charge in [0.1, 0.15) is 5.04 Å². The van der Waals surface area contributed by atoms with Crippen molar-refractivity contribution in [3.8, 4) is 0 Å². The molecule has 2 rings (SSSR count). The monoisotopic (exact) mass is 351 g/mol. The summed E-state index contributed by atoms with van der Waals surface area (Å²) in [6, 6.07) is 6.33. The van der Waals surface area contributed by atoms with Crippen molar-refractivity contribution in [2.75, 3.05) is 11.9 Å². The highest BCUT2D eigenvalue weighted by molar-refractivity contribution is 8.26. The Morgan fingerprint density at radius 2 is 1.95 bits per heavy atom. The van der Waals surface area contributed by atoms with Crippen molar-refractivity contribution in [1.29, 1.82) is 0 Å². The highest BCUT2D eigenvalue weighted by Gasteiger charge is 2.41. The number of nitrogens with two attached hydrogens (primary N) is 1. The first-order chi connectivity index (χ1) is 10.3. The number of nitrogens with one attached hydrogen (secondary N) is 1. The number of anilines is 1. The van der Waals surface area contributed by atoms with Crippen molar-refractivity contribution in [1.82, 2.24) is 5.01 Å². The third kappa shape index (κ3) is 4.36. The number of amidine groups is 1. The largest absolute Gasteiger partial charge is 0.452 e. The van der Waals surface area contributed by atoms with E-state index in [4.69, 9.17) is 17.4 Å². The van der Waals surface area contributed by atoms with Gasteiger partial charge in [0.05, 0.1) is 6.54 Å². The minimum absolute atomic E-state index is 0.0435. The Labute approximate surface area is 132 Å². The van der Waals surface area contributed by atoms with Gasteiger partial charge in [0.2, 0.25) is 5.84 Å². The third-order valence-electron chi connectivity index (χ3n) is 2.39. The standard InChI is InChI=1S/C11H9ClF3N5OS/c12-6-1-3-7(4-2-6)17-10(21)22-8-5-20(16)9(19-18-8)11(13,14)15/h1-4H,5,16H2,(H,17,21). The fraction of sp³-hybridized carbons (Fsp3) is 0.182. The Bertz CT molecular complexity index is 632. The molecule has 1 aromatic carbocycles. The van der Waals surface area contributed by atoms with Gasteiger partial charge in [0.15, 0.2) is 0 Å². The van der Waals surface area contributed by atoms with Crippen molar-refractivity contribution >= 4 is 45.2 Å². The highest BCUT2D eigenvalue weighted by atomic mass is 35.5. The molecule has 1 heterocycles. The molecular weight excluding hydrogens is 343 g/mol. The van der Waals surface area contributed by atoms with Crippen LogP contribution in [0.5, 0.6) is 0 Å². The lowest BCUT2D eigenvalue weighted by molar-refractivity contribution is -0.0688. The summed E-state index contributed by atoms with van der Waals surface area (Å²) in [6.07, 6.45) is -4.69. The van der Waals surface area contributed by atoms with E-state index in [-0.39, 0.29) is 11.6 Å². The van der Waals surface area contributed by atoms with E-state index in [2.05, 4.69) is 15.5 Å². The average Bonchev–Trinajstić information content (AvgIpc) is 2.40. The summed E-state index contributed by atoms with van der Waals surface area (Å²) in [4.78, 5) is 11.8. The molecule has 0 radical (unpaired) electrons. The summed E-state index contributed by atoms with van der Waals surface area (Å²) in [5.41, 5.74) is 0.488. The van der Waals surface area contributed by atoms with Gasteiger partial charge in [-0.2, -0.15) is 13.2 Å². The number of alkyl halides is 3. The second-order valence-electron chi connectivity index (χ2n) is 4.06. The molecule has 0 unspecified atom stereocenters. The van der Waals surface area contributed by atoms with Crippen LogP contribution in [0.4, 0.5) is 23.7 Å². The Balaban J connectivity index is 1.99. The average molecular weight is 352 g/mol. The summed E-state index contributed by atoms with van der Waals surface area (Å²) in [5, 5.41) is 9.31. The molecular formula is C11H9ClF3N5OS. The van der Waals surface area contributed by atoms with E-state index in [9.17, 15) is 18.0 Å². The van der Waals surface area contributed by atoms with E-state index in [1.165, 1.54) is 0 Å². The van der Waals surface area contributed by atoms with Gasteiger partial charge >= 0.3 is 6.18 Å². The molecule has 3 N–H and O–H groups in total. The number of nitrogens with zero attached hydrogens (tertiary/aromatic N) is 3. The van der Waals surface area contributed by atoms with Crippen molar-refractivity contribution in [2.24, 2.45) is 16.0 Å². The van der Waals surface area contributed by atoms with Gasteiger partial charge in [0, 0.05) is 10.7 Å². The van der Waals surface area contributed by atoms with Gasteiger partial charge in [-0.15, -0.1) is 10.2 Å². The van der Waals surface area contributed by atoms with E-state index in [0.29, 0.717) is 27.5 Å². The fourth-order valence-electron chi connectivity index (χ4n) is 1.47. The van der Waals surface area contributed by atoms with E-state index in [1.807, 2.05) is 0 Å². The van der Waals surface area contributed by atoms with Gasteiger partial charge in [0.25, 0.3) is 5.24 Å². The maximum Gasteiger partial charge on any atom is 0.452 e. The van der Waals surface area contributed by atoms with Crippen LogP contribution in [0.25, 0.3) is 0 Å². The predicted molar refractivity (Wildman–Crippen MR) is 79.9 cm³/mol. The molecule has 0 fully saturated rings. The van der Waals surface area contributed by atoms with Crippen molar-refractivity contribution in [3.05, 3.63) is 29.3 Å². The second kappa shape index (κ2) is 6.55. The number of amides is 1. The molecule has 1 aliphatic rings. The van der Waals surface area contributed by atoms with Crippen molar-refractivity contribution < 1.29 is 18.0 Å². The zero-order valence-corrected chi connectivity index (χ0v) is 12.3. The SMILES string of the molecule is NN1CC(SC(=O)Nc2ccc(Cl)cc2)=NN=C1C(F)(F)F. The normalized spacial score (nSPS) is 15.2. The number of hydrogen-bond acceptors (Lipinski definition) is 6. The zero-order chi connectivity index (χ0) is 16.3. The molecule has 0 aliphatic carbocycles. The van der Waals surface area contributed by atoms with Gasteiger partial charge < -0.3 is 5.32 Å². The Hall–Kier alpha value is -1.78. The molecule has 0 bridgehead atoms. The Morgan fingerprint density at radius 3 is 2.50 bits per heavy atom. The Morgan fingerprint density at radius 1 is 1.32 bits per heavy atom. The Kier molecular flexibility index (Phi) is 4.94. The number of hydrogen-bond donors (Lipinski definition) is 2. The number of benzene rings is 1. The van der Waals surface area contributed by atoms with Crippen LogP contribution in [0, 0.1) is 0 Å². The molecule has 0 aromatic heterocycles. The van der Waals surface area contributed by atoms with E-state index >= 15 is 0 Å². The molecule has 1 aliphatic heterocycles. The quantitative estimate of drug-likeness (QED) is 0.762. The van der Waals surface area contributed by atoms with Crippen LogP contribution in [0.3, 0.4) is 0 Å². The minimum atomic E-state index is -4.69. The van der Waals surface area contributed by atoms with Crippen LogP contribution in [-0.2, 0) is 0 Å². The molecule has 1 amide bonds. The molecule has 1 aromatic rings. The first-order valence-corrected chi connectivity index (χ1v) is 6.93. The third-order valence-corrected chi connectivity index (χ3v) is 3.37. The van der Waals surface area contributed by atoms with Crippen molar-refractivity contribution in [2.45, 2.75) is 6.18 Å². The number of rotatable bonds is 1. The van der Waals surface area contributed by atoms with Gasteiger partial charge in [-0.05, 0) is 36.0 Å². The first-order valence-electron chi connectivity index (χ1n) is 5.74. The molecule has 0 atom stereocenters. The van der Waals surface area contributed by atoms with Crippen molar-refractivity contribution in [3.63, 3.8) is 0 Å². The van der Waals surface area contributed by atoms with E-state index in [0.717, 1.165) is 0 Å². The number of carbonyl (C=O) groups is 1. The lowest BCUT2D eigenvalue weighted by Crippen LogP contribution is -2.49. The zero-order valence-electron chi connectivity index (χ0n) is 10.8. The summed E-state index contributed by atoms with van der Waals surface area (Å²) in [6.45, 7) is -0.364. The van der Waals surface area contributed by atoms with Crippen LogP contribution < -0.4 is 11.2 Å². The summed E-state index contributed by atoms with van der Waals surface area (Å²) >= 11 is 6.31.